The van der Waals surface area contributed by atoms with Gasteiger partial charge in [0.25, 0.3) is 0 Å². The lowest BCUT2D eigenvalue weighted by molar-refractivity contribution is -0.896. The Balaban J connectivity index is 1.52. The van der Waals surface area contributed by atoms with E-state index in [4.69, 9.17) is 5.73 Å². The molecule has 1 fully saturated rings. The average molecular weight is 317 g/mol. The van der Waals surface area contributed by atoms with E-state index in [0.29, 0.717) is 6.54 Å². The zero-order valence-corrected chi connectivity index (χ0v) is 14.2. The van der Waals surface area contributed by atoms with Gasteiger partial charge in [0.15, 0.2) is 0 Å². The van der Waals surface area contributed by atoms with Crippen LogP contribution in [0.5, 0.6) is 0 Å². The lowest BCUT2D eigenvalue weighted by Crippen LogP contribution is -2.47. The Morgan fingerprint density at radius 2 is 2.09 bits per heavy atom. The molecule has 3 N–H and O–H groups in total. The van der Waals surface area contributed by atoms with Crippen molar-refractivity contribution in [3.8, 4) is 0 Å². The summed E-state index contributed by atoms with van der Waals surface area (Å²) in [5.74, 6) is 0.153. The molecular weight excluding hydrogens is 288 g/mol. The number of rotatable bonds is 5. The maximum atomic E-state index is 12.6. The van der Waals surface area contributed by atoms with Crippen molar-refractivity contribution in [2.45, 2.75) is 25.7 Å². The van der Waals surface area contributed by atoms with Crippen molar-refractivity contribution < 1.29 is 9.28 Å². The Bertz CT molecular complexity index is 566. The number of nitrogens with one attached hydrogen (secondary N) is 1. The third kappa shape index (κ3) is 3.85. The molecule has 2 aliphatic heterocycles. The number of likely N-dealkylation sites (tertiary alicyclic amines) is 1. The van der Waals surface area contributed by atoms with Crippen LogP contribution in [0.15, 0.2) is 18.2 Å². The van der Waals surface area contributed by atoms with Crippen LogP contribution in [-0.4, -0.2) is 56.7 Å². The fraction of sp³-hybridized carbons (Fsp3) is 0.611. The van der Waals surface area contributed by atoms with Gasteiger partial charge in [0.05, 0.1) is 33.2 Å². The molecule has 0 unspecified atom stereocenters. The fourth-order valence-electron chi connectivity index (χ4n) is 3.81. The van der Waals surface area contributed by atoms with Crippen molar-refractivity contribution in [2.75, 3.05) is 56.9 Å². The second kappa shape index (κ2) is 6.89. The van der Waals surface area contributed by atoms with Crippen LogP contribution in [0.1, 0.15) is 24.8 Å². The predicted molar refractivity (Wildman–Crippen MR) is 94.4 cm³/mol. The minimum Gasteiger partial charge on any atom is -0.399 e. The maximum absolute atomic E-state index is 12.6. The molecule has 0 aliphatic carbocycles. The van der Waals surface area contributed by atoms with Gasteiger partial charge < -0.3 is 20.4 Å². The van der Waals surface area contributed by atoms with Crippen LogP contribution in [0.3, 0.4) is 0 Å². The van der Waals surface area contributed by atoms with Gasteiger partial charge in [-0.05, 0) is 30.5 Å². The van der Waals surface area contributed by atoms with Crippen LogP contribution in [0.25, 0.3) is 0 Å². The second-order valence-electron chi connectivity index (χ2n) is 7.21. The van der Waals surface area contributed by atoms with Gasteiger partial charge in [0.1, 0.15) is 0 Å². The van der Waals surface area contributed by atoms with E-state index in [0.717, 1.165) is 48.3 Å². The van der Waals surface area contributed by atoms with Gasteiger partial charge in [-0.25, -0.2) is 0 Å². The van der Waals surface area contributed by atoms with E-state index in [-0.39, 0.29) is 5.91 Å². The highest BCUT2D eigenvalue weighted by molar-refractivity contribution is 5.96. The van der Waals surface area contributed by atoms with Crippen LogP contribution >= 0.6 is 0 Å². The molecule has 0 spiro atoms. The first kappa shape index (κ1) is 16.3. The van der Waals surface area contributed by atoms with Crippen LogP contribution in [0, 0.1) is 0 Å². The summed E-state index contributed by atoms with van der Waals surface area (Å²) in [6.07, 6.45) is 4.73. The predicted octanol–water partition coefficient (Wildman–Crippen LogP) is 1.38. The number of hydrogen-bond donors (Lipinski definition) is 2. The quantitative estimate of drug-likeness (QED) is 0.490. The van der Waals surface area contributed by atoms with E-state index in [1.54, 1.807) is 0 Å². The van der Waals surface area contributed by atoms with Gasteiger partial charge in [0.2, 0.25) is 5.91 Å². The molecule has 23 heavy (non-hydrogen) atoms. The first-order chi connectivity index (χ1) is 11.1. The molecule has 1 amide bonds. The van der Waals surface area contributed by atoms with Crippen molar-refractivity contribution in [3.63, 3.8) is 0 Å². The first-order valence-electron chi connectivity index (χ1n) is 8.80. The zero-order valence-electron chi connectivity index (χ0n) is 14.2. The van der Waals surface area contributed by atoms with Gasteiger partial charge >= 0.3 is 0 Å². The molecule has 2 aliphatic rings. The molecular formula is C18H29N4O+. The third-order valence-corrected chi connectivity index (χ3v) is 5.28. The standard InChI is InChI=1S/C18H29N4O/c1-22(10-2-3-11-22)12-8-20-14-18(23)21-9-4-5-15-6-7-16(19)13-17(15)21/h6-7,13,20H,2-5,8-12,14,19H2,1H3/q+1. The van der Waals surface area contributed by atoms with E-state index in [9.17, 15) is 4.79 Å². The van der Waals surface area contributed by atoms with Crippen LogP contribution in [0.4, 0.5) is 11.4 Å². The molecule has 0 bridgehead atoms. The normalized spacial score (nSPS) is 19.6. The van der Waals surface area contributed by atoms with E-state index in [2.05, 4.69) is 18.4 Å². The molecule has 0 saturated carbocycles. The SMILES string of the molecule is C[N+]1(CCNCC(=O)N2CCCc3ccc(N)cc32)CCCC1. The smallest absolute Gasteiger partial charge is 0.240 e. The number of quaternary nitrogens is 1. The van der Waals surface area contributed by atoms with Crippen molar-refractivity contribution in [3.05, 3.63) is 23.8 Å². The van der Waals surface area contributed by atoms with Gasteiger partial charge in [0, 0.05) is 37.3 Å². The minimum atomic E-state index is 0.153. The Labute approximate surface area is 139 Å². The van der Waals surface area contributed by atoms with Gasteiger partial charge in [-0.1, -0.05) is 6.07 Å². The van der Waals surface area contributed by atoms with E-state index in [1.165, 1.54) is 31.5 Å². The van der Waals surface area contributed by atoms with Gasteiger partial charge in [-0.15, -0.1) is 0 Å². The fourth-order valence-corrected chi connectivity index (χ4v) is 3.81. The largest absolute Gasteiger partial charge is 0.399 e. The topological polar surface area (TPSA) is 58.4 Å². The number of benzene rings is 1. The summed E-state index contributed by atoms with van der Waals surface area (Å²) in [6, 6.07) is 5.91. The molecule has 3 rings (SSSR count). The molecule has 5 nitrogen and oxygen atoms in total. The summed E-state index contributed by atoms with van der Waals surface area (Å²) in [6.45, 7) is 5.76. The number of amides is 1. The molecule has 0 radical (unpaired) electrons. The zero-order chi connectivity index (χ0) is 16.3. The van der Waals surface area contributed by atoms with Crippen LogP contribution < -0.4 is 16.0 Å². The summed E-state index contributed by atoms with van der Waals surface area (Å²) in [5, 5.41) is 3.34. The summed E-state index contributed by atoms with van der Waals surface area (Å²) < 4.78 is 1.14. The highest BCUT2D eigenvalue weighted by atomic mass is 16.2. The molecule has 1 aromatic carbocycles. The van der Waals surface area contributed by atoms with E-state index >= 15 is 0 Å². The number of nitrogens with two attached hydrogens (primary N) is 1. The van der Waals surface area contributed by atoms with Crippen molar-refractivity contribution >= 4 is 17.3 Å². The number of aryl methyl sites for hydroxylation is 1. The Kier molecular flexibility index (Phi) is 4.87. The molecule has 1 aromatic rings. The third-order valence-electron chi connectivity index (χ3n) is 5.28. The average Bonchev–Trinajstić information content (AvgIpc) is 2.97. The van der Waals surface area contributed by atoms with Gasteiger partial charge in [-0.3, -0.25) is 4.79 Å². The molecule has 2 heterocycles. The number of fused-ring (bicyclic) bond motifs is 1. The maximum Gasteiger partial charge on any atom is 0.240 e. The lowest BCUT2D eigenvalue weighted by atomic mass is 10.0. The highest BCUT2D eigenvalue weighted by Gasteiger charge is 2.26. The number of hydrogen-bond acceptors (Lipinski definition) is 3. The number of carbonyl (C=O) groups excluding carboxylic acids is 1. The second-order valence-corrected chi connectivity index (χ2v) is 7.21. The highest BCUT2D eigenvalue weighted by Crippen LogP contribution is 2.29. The van der Waals surface area contributed by atoms with Crippen molar-refractivity contribution in [2.24, 2.45) is 0 Å². The Morgan fingerprint density at radius 3 is 2.87 bits per heavy atom. The van der Waals surface area contributed by atoms with Crippen LogP contribution in [-0.2, 0) is 11.2 Å². The number of anilines is 2. The van der Waals surface area contributed by atoms with Crippen molar-refractivity contribution in [1.82, 2.24) is 5.32 Å². The van der Waals surface area contributed by atoms with Crippen molar-refractivity contribution in [1.29, 1.82) is 0 Å². The summed E-state index contributed by atoms with van der Waals surface area (Å²) in [7, 11) is 2.32. The molecule has 0 atom stereocenters. The number of nitrogen functional groups attached to an aromatic ring is 1. The molecule has 0 aromatic heterocycles. The Morgan fingerprint density at radius 1 is 1.30 bits per heavy atom. The monoisotopic (exact) mass is 317 g/mol. The Hall–Kier alpha value is -1.59. The summed E-state index contributed by atoms with van der Waals surface area (Å²) >= 11 is 0. The number of nitrogens with zero attached hydrogens (tertiary/aromatic N) is 2. The number of likely N-dealkylation sites (N-methyl/N-ethyl adjacent to an activating group) is 1. The minimum absolute atomic E-state index is 0.153. The lowest BCUT2D eigenvalue weighted by Gasteiger charge is -2.31. The number of carbonyl (C=O) groups is 1. The molecule has 126 valence electrons. The van der Waals surface area contributed by atoms with Gasteiger partial charge in [-0.2, -0.15) is 0 Å². The van der Waals surface area contributed by atoms with Crippen LogP contribution in [0.2, 0.25) is 0 Å². The van der Waals surface area contributed by atoms with E-state index in [1.807, 2.05) is 17.0 Å². The first-order valence-corrected chi connectivity index (χ1v) is 8.80. The molecule has 1 saturated heterocycles. The summed E-state index contributed by atoms with van der Waals surface area (Å²) in [4.78, 5) is 14.5. The summed E-state index contributed by atoms with van der Waals surface area (Å²) in [5.41, 5.74) is 8.85. The van der Waals surface area contributed by atoms with E-state index < -0.39 is 0 Å². The molecule has 5 heteroatoms.